The highest BCUT2D eigenvalue weighted by Crippen LogP contribution is 2.30. The summed E-state index contributed by atoms with van der Waals surface area (Å²) in [4.78, 5) is 4.76. The van der Waals surface area contributed by atoms with Gasteiger partial charge in [0.1, 0.15) is 5.82 Å². The van der Waals surface area contributed by atoms with Crippen LogP contribution in [0.25, 0.3) is 16.4 Å². The SMILES string of the molecule is CCCCCCc1ncc(C)c2c(CCCl)c3ccccc3n12. The molecule has 0 amide bonds. The van der Waals surface area contributed by atoms with Crippen LogP contribution in [0.3, 0.4) is 0 Å². The minimum Gasteiger partial charge on any atom is -0.297 e. The van der Waals surface area contributed by atoms with Gasteiger partial charge in [-0.3, -0.25) is 4.40 Å². The second-order valence-electron chi connectivity index (χ2n) is 6.29. The standard InChI is InChI=1S/C20H25ClN2/c1-3-4-5-6-11-19-22-14-15(2)20-17(12-13-21)16-9-7-8-10-18(16)23(19)20/h7-10,14H,3-6,11-13H2,1-2H3. The fourth-order valence-corrected chi connectivity index (χ4v) is 3.70. The molecule has 0 bridgehead atoms. The van der Waals surface area contributed by atoms with E-state index in [-0.39, 0.29) is 0 Å². The molecule has 3 heteroatoms. The molecule has 0 unspecified atom stereocenters. The second kappa shape index (κ2) is 7.35. The topological polar surface area (TPSA) is 17.3 Å². The molecule has 0 spiro atoms. The monoisotopic (exact) mass is 328 g/mol. The van der Waals surface area contributed by atoms with Crippen molar-refractivity contribution in [2.75, 3.05) is 5.88 Å². The van der Waals surface area contributed by atoms with Gasteiger partial charge in [-0.15, -0.1) is 11.6 Å². The molecule has 1 aromatic carbocycles. The summed E-state index contributed by atoms with van der Waals surface area (Å²) in [5.41, 5.74) is 5.18. The number of benzene rings is 1. The summed E-state index contributed by atoms with van der Waals surface area (Å²) >= 11 is 6.08. The van der Waals surface area contributed by atoms with Gasteiger partial charge in [-0.05, 0) is 37.0 Å². The average molecular weight is 329 g/mol. The van der Waals surface area contributed by atoms with Crippen LogP contribution in [0.1, 0.15) is 49.6 Å². The van der Waals surface area contributed by atoms with Crippen LogP contribution < -0.4 is 0 Å². The maximum Gasteiger partial charge on any atom is 0.113 e. The van der Waals surface area contributed by atoms with Gasteiger partial charge in [0.05, 0.1) is 11.0 Å². The third-order valence-corrected chi connectivity index (χ3v) is 4.81. The highest BCUT2D eigenvalue weighted by molar-refractivity contribution is 6.18. The van der Waals surface area contributed by atoms with E-state index in [0.29, 0.717) is 5.88 Å². The van der Waals surface area contributed by atoms with Gasteiger partial charge in [0.15, 0.2) is 0 Å². The summed E-state index contributed by atoms with van der Waals surface area (Å²) in [5.74, 6) is 1.83. The first-order valence-electron chi connectivity index (χ1n) is 8.70. The lowest BCUT2D eigenvalue weighted by Gasteiger charge is -2.09. The van der Waals surface area contributed by atoms with Gasteiger partial charge < -0.3 is 0 Å². The van der Waals surface area contributed by atoms with E-state index in [1.807, 2.05) is 6.20 Å². The Balaban J connectivity index is 2.15. The molecular weight excluding hydrogens is 304 g/mol. The first kappa shape index (κ1) is 16.3. The molecule has 0 saturated carbocycles. The summed E-state index contributed by atoms with van der Waals surface area (Å²) < 4.78 is 2.37. The molecule has 23 heavy (non-hydrogen) atoms. The van der Waals surface area contributed by atoms with Gasteiger partial charge >= 0.3 is 0 Å². The zero-order valence-electron chi connectivity index (χ0n) is 14.1. The van der Waals surface area contributed by atoms with Crippen molar-refractivity contribution >= 4 is 28.0 Å². The maximum atomic E-state index is 6.08. The Kier molecular flexibility index (Phi) is 5.22. The van der Waals surface area contributed by atoms with Crippen molar-refractivity contribution in [2.45, 2.75) is 52.4 Å². The van der Waals surface area contributed by atoms with Gasteiger partial charge in [0.25, 0.3) is 0 Å². The largest absolute Gasteiger partial charge is 0.297 e. The van der Waals surface area contributed by atoms with Gasteiger partial charge in [-0.25, -0.2) is 4.98 Å². The van der Waals surface area contributed by atoms with Crippen LogP contribution in [-0.4, -0.2) is 15.3 Å². The predicted octanol–water partition coefficient (Wildman–Crippen LogP) is 5.70. The van der Waals surface area contributed by atoms with Crippen molar-refractivity contribution in [2.24, 2.45) is 0 Å². The zero-order valence-corrected chi connectivity index (χ0v) is 14.9. The summed E-state index contributed by atoms with van der Waals surface area (Å²) in [7, 11) is 0. The van der Waals surface area contributed by atoms with Gasteiger partial charge in [-0.2, -0.15) is 0 Å². The number of nitrogens with zero attached hydrogens (tertiary/aromatic N) is 2. The number of alkyl halides is 1. The van der Waals surface area contributed by atoms with E-state index < -0.39 is 0 Å². The van der Waals surface area contributed by atoms with Crippen LogP contribution >= 0.6 is 11.6 Å². The number of hydrogen-bond acceptors (Lipinski definition) is 1. The molecule has 0 aliphatic heterocycles. The summed E-state index contributed by atoms with van der Waals surface area (Å²) in [6.07, 6.45) is 9.02. The summed E-state index contributed by atoms with van der Waals surface area (Å²) in [6.45, 7) is 4.40. The van der Waals surface area contributed by atoms with Crippen molar-refractivity contribution < 1.29 is 0 Å². The Bertz CT molecular complexity index is 804. The Morgan fingerprint density at radius 1 is 1.09 bits per heavy atom. The minimum atomic E-state index is 0.650. The number of halogens is 1. The first-order chi connectivity index (χ1) is 11.3. The van der Waals surface area contributed by atoms with Crippen molar-refractivity contribution in [1.29, 1.82) is 0 Å². The van der Waals surface area contributed by atoms with Gasteiger partial charge in [0.2, 0.25) is 0 Å². The molecule has 2 nitrogen and oxygen atoms in total. The Hall–Kier alpha value is -1.54. The first-order valence-corrected chi connectivity index (χ1v) is 9.23. The van der Waals surface area contributed by atoms with E-state index >= 15 is 0 Å². The molecule has 2 aromatic heterocycles. The number of fused-ring (bicyclic) bond motifs is 3. The van der Waals surface area contributed by atoms with Crippen molar-refractivity contribution in [3.8, 4) is 0 Å². The smallest absolute Gasteiger partial charge is 0.113 e. The molecule has 2 heterocycles. The van der Waals surface area contributed by atoms with Crippen LogP contribution in [0.2, 0.25) is 0 Å². The molecule has 122 valence electrons. The maximum absolute atomic E-state index is 6.08. The van der Waals surface area contributed by atoms with Crippen LogP contribution in [0.15, 0.2) is 30.5 Å². The Morgan fingerprint density at radius 2 is 1.91 bits per heavy atom. The third-order valence-electron chi connectivity index (χ3n) is 4.62. The molecule has 0 atom stereocenters. The van der Waals surface area contributed by atoms with Crippen molar-refractivity contribution in [3.05, 3.63) is 47.4 Å². The lowest BCUT2D eigenvalue weighted by Crippen LogP contribution is -2.03. The zero-order chi connectivity index (χ0) is 16.2. The molecule has 0 aliphatic carbocycles. The minimum absolute atomic E-state index is 0.650. The molecular formula is C20H25ClN2. The van der Waals surface area contributed by atoms with E-state index in [9.17, 15) is 0 Å². The normalized spacial score (nSPS) is 11.6. The molecule has 0 fully saturated rings. The Labute approximate surface area is 143 Å². The lowest BCUT2D eigenvalue weighted by molar-refractivity contribution is 0.649. The van der Waals surface area contributed by atoms with E-state index in [4.69, 9.17) is 16.6 Å². The van der Waals surface area contributed by atoms with Gasteiger partial charge in [0, 0.05) is 23.9 Å². The second-order valence-corrected chi connectivity index (χ2v) is 6.66. The number of rotatable bonds is 7. The summed E-state index contributed by atoms with van der Waals surface area (Å²) in [5, 5.41) is 1.32. The quantitative estimate of drug-likeness (QED) is 0.401. The van der Waals surface area contributed by atoms with E-state index in [0.717, 1.165) is 12.8 Å². The van der Waals surface area contributed by atoms with Crippen molar-refractivity contribution in [1.82, 2.24) is 9.38 Å². The molecule has 3 rings (SSSR count). The van der Waals surface area contributed by atoms with Crippen molar-refractivity contribution in [3.63, 3.8) is 0 Å². The highest BCUT2D eigenvalue weighted by atomic mass is 35.5. The third kappa shape index (κ3) is 3.10. The number of para-hydroxylation sites is 1. The number of aryl methyl sites for hydroxylation is 3. The van der Waals surface area contributed by atoms with Crippen LogP contribution in [-0.2, 0) is 12.8 Å². The predicted molar refractivity (Wildman–Crippen MR) is 99.7 cm³/mol. The molecule has 0 N–H and O–H groups in total. The average Bonchev–Trinajstić information content (AvgIpc) is 2.90. The fourth-order valence-electron chi connectivity index (χ4n) is 3.51. The molecule has 0 saturated heterocycles. The molecule has 3 aromatic rings. The number of unbranched alkanes of at least 4 members (excludes halogenated alkanes) is 3. The van der Waals surface area contributed by atoms with Crippen LogP contribution in [0, 0.1) is 6.92 Å². The molecule has 0 radical (unpaired) electrons. The highest BCUT2D eigenvalue weighted by Gasteiger charge is 2.16. The van der Waals surface area contributed by atoms with Crippen LogP contribution in [0.4, 0.5) is 0 Å². The summed E-state index contributed by atoms with van der Waals surface area (Å²) in [6, 6.07) is 8.65. The lowest BCUT2D eigenvalue weighted by atomic mass is 10.1. The number of hydrogen-bond donors (Lipinski definition) is 0. The Morgan fingerprint density at radius 3 is 2.70 bits per heavy atom. The van der Waals surface area contributed by atoms with E-state index in [1.54, 1.807) is 0 Å². The van der Waals surface area contributed by atoms with Crippen LogP contribution in [0.5, 0.6) is 0 Å². The molecule has 0 aliphatic rings. The fraction of sp³-hybridized carbons (Fsp3) is 0.450. The van der Waals surface area contributed by atoms with E-state index in [2.05, 4.69) is 42.5 Å². The van der Waals surface area contributed by atoms with E-state index in [1.165, 1.54) is 59.1 Å². The number of aromatic nitrogens is 2. The van der Waals surface area contributed by atoms with Gasteiger partial charge in [-0.1, -0.05) is 44.4 Å².